The van der Waals surface area contributed by atoms with Crippen LogP contribution in [0.25, 0.3) is 11.0 Å². The molecule has 1 unspecified atom stereocenters. The number of ether oxygens (including phenoxy) is 1. The van der Waals surface area contributed by atoms with Crippen molar-refractivity contribution in [2.24, 2.45) is 11.3 Å². The van der Waals surface area contributed by atoms with Gasteiger partial charge in [-0.25, -0.2) is 9.78 Å². The Balaban J connectivity index is 1.82. The fourth-order valence-electron chi connectivity index (χ4n) is 5.20. The average molecular weight is 391 g/mol. The highest BCUT2D eigenvalue weighted by atomic mass is 16.5. The fourth-order valence-corrected chi connectivity index (χ4v) is 5.20. The zero-order valence-electron chi connectivity index (χ0n) is 17.8. The Hall–Kier alpha value is -2.62. The Bertz CT molecular complexity index is 1020. The number of fused-ring (bicyclic) bond motifs is 1. The highest BCUT2D eigenvalue weighted by Gasteiger charge is 2.34. The van der Waals surface area contributed by atoms with Crippen molar-refractivity contribution in [2.45, 2.75) is 52.5 Å². The van der Waals surface area contributed by atoms with Gasteiger partial charge in [-0.05, 0) is 54.4 Å². The van der Waals surface area contributed by atoms with Crippen LogP contribution in [-0.4, -0.2) is 22.6 Å². The molecule has 1 saturated carbocycles. The number of esters is 1. The van der Waals surface area contributed by atoms with Gasteiger partial charge in [-0.2, -0.15) is 0 Å². The fraction of sp³-hybridized carbons (Fsp3) is 0.440. The third-order valence-electron chi connectivity index (χ3n) is 6.12. The van der Waals surface area contributed by atoms with Gasteiger partial charge in [0.1, 0.15) is 5.82 Å². The molecule has 0 amide bonds. The standard InChI is InChI=1S/C25H30N2O2/c1-17-12-20(16-25(2,3)15-17)27-22-11-10-19(24(28)29-4)14-21(22)26-23(27)13-18-8-6-5-7-9-18/h5-11,14,17,20H,12-13,15-16H2,1-4H3/t17?,20-/m0/s1. The van der Waals surface area contributed by atoms with E-state index in [0.29, 0.717) is 22.9 Å². The summed E-state index contributed by atoms with van der Waals surface area (Å²) in [6.07, 6.45) is 4.35. The van der Waals surface area contributed by atoms with Crippen LogP contribution in [0, 0.1) is 11.3 Å². The van der Waals surface area contributed by atoms with Crippen LogP contribution in [0.5, 0.6) is 0 Å². The first kappa shape index (κ1) is 19.7. The Morgan fingerprint density at radius 2 is 1.93 bits per heavy atom. The topological polar surface area (TPSA) is 44.1 Å². The molecule has 4 nitrogen and oxygen atoms in total. The van der Waals surface area contributed by atoms with E-state index in [9.17, 15) is 4.79 Å². The maximum Gasteiger partial charge on any atom is 0.337 e. The van der Waals surface area contributed by atoms with E-state index in [2.05, 4.69) is 49.6 Å². The van der Waals surface area contributed by atoms with E-state index in [4.69, 9.17) is 9.72 Å². The molecule has 0 spiro atoms. The molecule has 4 rings (SSSR count). The van der Waals surface area contributed by atoms with Gasteiger partial charge in [0.05, 0.1) is 23.7 Å². The molecule has 1 aromatic heterocycles. The molecule has 2 aromatic carbocycles. The van der Waals surface area contributed by atoms with Crippen molar-refractivity contribution in [3.05, 3.63) is 65.5 Å². The molecular formula is C25H30N2O2. The lowest BCUT2D eigenvalue weighted by Crippen LogP contribution is -2.30. The van der Waals surface area contributed by atoms with Crippen molar-refractivity contribution < 1.29 is 9.53 Å². The van der Waals surface area contributed by atoms with Crippen LogP contribution >= 0.6 is 0 Å². The second-order valence-electron chi connectivity index (χ2n) is 9.32. The molecule has 1 heterocycles. The minimum atomic E-state index is -0.321. The van der Waals surface area contributed by atoms with Gasteiger partial charge in [0.15, 0.2) is 0 Å². The molecular weight excluding hydrogens is 360 g/mol. The third-order valence-corrected chi connectivity index (χ3v) is 6.12. The van der Waals surface area contributed by atoms with Gasteiger partial charge in [-0.3, -0.25) is 0 Å². The van der Waals surface area contributed by atoms with Gasteiger partial charge >= 0.3 is 5.97 Å². The predicted molar refractivity (Wildman–Crippen MR) is 116 cm³/mol. The van der Waals surface area contributed by atoms with Crippen LogP contribution in [0.4, 0.5) is 0 Å². The molecule has 2 atom stereocenters. The van der Waals surface area contributed by atoms with Crippen molar-refractivity contribution in [2.75, 3.05) is 7.11 Å². The number of rotatable bonds is 4. The number of aromatic nitrogens is 2. The summed E-state index contributed by atoms with van der Waals surface area (Å²) in [4.78, 5) is 17.0. The van der Waals surface area contributed by atoms with Crippen molar-refractivity contribution in [1.29, 1.82) is 0 Å². The molecule has 0 N–H and O–H groups in total. The summed E-state index contributed by atoms with van der Waals surface area (Å²) in [5.41, 5.74) is 4.09. The normalized spacial score (nSPS) is 21.2. The highest BCUT2D eigenvalue weighted by Crippen LogP contribution is 2.45. The van der Waals surface area contributed by atoms with Gasteiger partial charge in [0.2, 0.25) is 0 Å². The van der Waals surface area contributed by atoms with E-state index < -0.39 is 0 Å². The monoisotopic (exact) mass is 390 g/mol. The lowest BCUT2D eigenvalue weighted by molar-refractivity contribution is 0.0601. The first-order valence-electron chi connectivity index (χ1n) is 10.5. The van der Waals surface area contributed by atoms with Crippen LogP contribution < -0.4 is 0 Å². The molecule has 1 aliphatic carbocycles. The third kappa shape index (κ3) is 4.07. The summed E-state index contributed by atoms with van der Waals surface area (Å²) in [6, 6.07) is 16.7. The van der Waals surface area contributed by atoms with Crippen molar-refractivity contribution in [3.63, 3.8) is 0 Å². The van der Waals surface area contributed by atoms with Crippen molar-refractivity contribution >= 4 is 17.0 Å². The minimum Gasteiger partial charge on any atom is -0.465 e. The van der Waals surface area contributed by atoms with Gasteiger partial charge in [-0.15, -0.1) is 0 Å². The van der Waals surface area contributed by atoms with Crippen LogP contribution in [0.15, 0.2) is 48.5 Å². The molecule has 29 heavy (non-hydrogen) atoms. The zero-order chi connectivity index (χ0) is 20.6. The highest BCUT2D eigenvalue weighted by molar-refractivity contribution is 5.93. The molecule has 0 radical (unpaired) electrons. The predicted octanol–water partition coefficient (Wildman–Crippen LogP) is 5.80. The molecule has 0 aliphatic heterocycles. The lowest BCUT2D eigenvalue weighted by Gasteiger charge is -2.40. The second kappa shape index (κ2) is 7.66. The van der Waals surface area contributed by atoms with E-state index in [1.165, 1.54) is 19.1 Å². The van der Waals surface area contributed by atoms with E-state index in [1.807, 2.05) is 24.3 Å². The van der Waals surface area contributed by atoms with E-state index in [-0.39, 0.29) is 5.97 Å². The molecule has 1 aliphatic rings. The number of benzene rings is 2. The average Bonchev–Trinajstić information content (AvgIpc) is 3.03. The summed E-state index contributed by atoms with van der Waals surface area (Å²) in [6.45, 7) is 7.11. The summed E-state index contributed by atoms with van der Waals surface area (Å²) in [7, 11) is 1.41. The lowest BCUT2D eigenvalue weighted by atomic mass is 9.70. The number of carbonyl (C=O) groups is 1. The Labute approximate surface area is 172 Å². The maximum absolute atomic E-state index is 12.0. The number of hydrogen-bond acceptors (Lipinski definition) is 3. The van der Waals surface area contributed by atoms with Gasteiger partial charge in [0.25, 0.3) is 0 Å². The molecule has 4 heteroatoms. The van der Waals surface area contributed by atoms with Gasteiger partial charge in [0, 0.05) is 12.5 Å². The number of nitrogens with zero attached hydrogens (tertiary/aromatic N) is 2. The summed E-state index contributed by atoms with van der Waals surface area (Å²) < 4.78 is 7.35. The number of hydrogen-bond donors (Lipinski definition) is 0. The van der Waals surface area contributed by atoms with Crippen LogP contribution in [-0.2, 0) is 11.2 Å². The van der Waals surface area contributed by atoms with Crippen molar-refractivity contribution in [3.8, 4) is 0 Å². The quantitative estimate of drug-likeness (QED) is 0.529. The van der Waals surface area contributed by atoms with E-state index in [1.54, 1.807) is 0 Å². The summed E-state index contributed by atoms with van der Waals surface area (Å²) in [5.74, 6) is 1.43. The summed E-state index contributed by atoms with van der Waals surface area (Å²) in [5, 5.41) is 0. The Kier molecular flexibility index (Phi) is 5.20. The molecule has 3 aromatic rings. The van der Waals surface area contributed by atoms with Gasteiger partial charge < -0.3 is 9.30 Å². The summed E-state index contributed by atoms with van der Waals surface area (Å²) >= 11 is 0. The smallest absolute Gasteiger partial charge is 0.337 e. The van der Waals surface area contributed by atoms with E-state index >= 15 is 0 Å². The number of methoxy groups -OCH3 is 1. The molecule has 0 bridgehead atoms. The largest absolute Gasteiger partial charge is 0.465 e. The Morgan fingerprint density at radius 1 is 1.17 bits per heavy atom. The van der Waals surface area contributed by atoms with Crippen LogP contribution in [0.1, 0.15) is 67.8 Å². The van der Waals surface area contributed by atoms with Gasteiger partial charge in [-0.1, -0.05) is 51.1 Å². The van der Waals surface area contributed by atoms with Crippen molar-refractivity contribution in [1.82, 2.24) is 9.55 Å². The molecule has 0 saturated heterocycles. The zero-order valence-corrected chi connectivity index (χ0v) is 17.8. The number of imidazole rings is 1. The first-order chi connectivity index (χ1) is 13.9. The van der Waals surface area contributed by atoms with E-state index in [0.717, 1.165) is 36.1 Å². The second-order valence-corrected chi connectivity index (χ2v) is 9.32. The maximum atomic E-state index is 12.0. The Morgan fingerprint density at radius 3 is 2.62 bits per heavy atom. The molecule has 1 fully saturated rings. The van der Waals surface area contributed by atoms with Crippen LogP contribution in [0.2, 0.25) is 0 Å². The molecule has 152 valence electrons. The SMILES string of the molecule is COC(=O)c1ccc2c(c1)nc(Cc1ccccc1)n2[C@H]1CC(C)CC(C)(C)C1. The van der Waals surface area contributed by atoms with Crippen LogP contribution in [0.3, 0.4) is 0 Å². The number of carbonyl (C=O) groups excluding carboxylic acids is 1. The first-order valence-corrected chi connectivity index (χ1v) is 10.5. The minimum absolute atomic E-state index is 0.314.